The summed E-state index contributed by atoms with van der Waals surface area (Å²) in [5.74, 6) is -1.53. The summed E-state index contributed by atoms with van der Waals surface area (Å²) in [6.07, 6.45) is -6.61. The van der Waals surface area contributed by atoms with Gasteiger partial charge in [-0.2, -0.15) is 4.98 Å². The van der Waals surface area contributed by atoms with Crippen molar-refractivity contribution in [2.75, 3.05) is 6.61 Å². The van der Waals surface area contributed by atoms with Crippen LogP contribution in [0.5, 0.6) is 0 Å². The average molecular weight is 464 g/mol. The van der Waals surface area contributed by atoms with Crippen LogP contribution >= 0.6 is 0 Å². The summed E-state index contributed by atoms with van der Waals surface area (Å²) in [5, 5.41) is 48.5. The highest BCUT2D eigenvalue weighted by Gasteiger charge is 2.29. The maximum absolute atomic E-state index is 12.9. The Morgan fingerprint density at radius 1 is 1.06 bits per heavy atom. The van der Waals surface area contributed by atoms with Crippen LogP contribution < -0.4 is 16.1 Å². The zero-order valence-electron chi connectivity index (χ0n) is 18.0. The normalized spacial score (nSPS) is 15.4. The molecule has 13 heteroatoms. The monoisotopic (exact) mass is 464 g/mol. The Bertz CT molecular complexity index is 1280. The van der Waals surface area contributed by atoms with Crippen LogP contribution in [0.25, 0.3) is 22.6 Å². The van der Waals surface area contributed by atoms with Gasteiger partial charge in [-0.15, -0.1) is 0 Å². The summed E-state index contributed by atoms with van der Waals surface area (Å²) in [5.41, 5.74) is -0.491. The van der Waals surface area contributed by atoms with Crippen LogP contribution in [0.3, 0.4) is 0 Å². The average Bonchev–Trinajstić information content (AvgIpc) is 2.77. The molecule has 2 heterocycles. The van der Waals surface area contributed by atoms with E-state index in [1.807, 2.05) is 13.8 Å². The highest BCUT2D eigenvalue weighted by atomic mass is 16.7. The molecular formula is C20H24N4O9. The number of rotatable bonds is 7. The molecule has 178 valence electrons. The van der Waals surface area contributed by atoms with Gasteiger partial charge in [0.25, 0.3) is 0 Å². The van der Waals surface area contributed by atoms with Gasteiger partial charge in [-0.3, -0.25) is 4.79 Å². The van der Waals surface area contributed by atoms with Crippen LogP contribution in [0.15, 0.2) is 21.7 Å². The third-order valence-electron chi connectivity index (χ3n) is 5.21. The lowest BCUT2D eigenvalue weighted by molar-refractivity contribution is -0.154. The van der Waals surface area contributed by atoms with E-state index in [1.165, 1.54) is 4.57 Å². The first-order valence-electron chi connectivity index (χ1n) is 9.96. The Labute approximate surface area is 186 Å². The van der Waals surface area contributed by atoms with Crippen molar-refractivity contribution in [1.29, 1.82) is 0 Å². The molecule has 0 fully saturated rings. The van der Waals surface area contributed by atoms with E-state index in [1.54, 1.807) is 12.1 Å². The van der Waals surface area contributed by atoms with Crippen molar-refractivity contribution in [1.82, 2.24) is 19.3 Å². The summed E-state index contributed by atoms with van der Waals surface area (Å²) < 4.78 is 1.34. The van der Waals surface area contributed by atoms with Gasteiger partial charge in [-0.05, 0) is 44.0 Å². The SMILES string of the molecule is Cc1cc2nc3c(=O)n(OC(=O)C(C)O)c(=O)nc-3n(CC(O)C(O)C(O)CO)c2cc1C. The third kappa shape index (κ3) is 4.62. The minimum absolute atomic E-state index is 0.0718. The fourth-order valence-corrected chi connectivity index (χ4v) is 3.17. The van der Waals surface area contributed by atoms with Crippen molar-refractivity contribution in [3.8, 4) is 11.5 Å². The number of aryl methyl sites for hydroxylation is 2. The molecule has 13 nitrogen and oxygen atoms in total. The van der Waals surface area contributed by atoms with Crippen molar-refractivity contribution < 1.29 is 35.2 Å². The van der Waals surface area contributed by atoms with Gasteiger partial charge in [-0.25, -0.2) is 14.6 Å². The fraction of sp³-hybridized carbons (Fsp3) is 0.450. The van der Waals surface area contributed by atoms with E-state index >= 15 is 0 Å². The van der Waals surface area contributed by atoms with Crippen molar-refractivity contribution in [2.24, 2.45) is 0 Å². The number of benzene rings is 1. The molecule has 1 aromatic rings. The molecule has 33 heavy (non-hydrogen) atoms. The molecule has 0 aliphatic carbocycles. The van der Waals surface area contributed by atoms with E-state index in [2.05, 4.69) is 14.8 Å². The summed E-state index contributed by atoms with van der Waals surface area (Å²) in [7, 11) is 0. The van der Waals surface area contributed by atoms with Gasteiger partial charge < -0.3 is 34.9 Å². The highest BCUT2D eigenvalue weighted by molar-refractivity contribution is 5.81. The molecule has 0 amide bonds. The van der Waals surface area contributed by atoms with Crippen LogP contribution in [0, 0.1) is 13.8 Å². The number of hydrogen-bond donors (Lipinski definition) is 5. The van der Waals surface area contributed by atoms with Crippen molar-refractivity contribution >= 4 is 17.0 Å². The number of fused-ring (bicyclic) bond motifs is 2. The Balaban J connectivity index is 2.30. The maximum Gasteiger partial charge on any atom is 0.386 e. The predicted molar refractivity (Wildman–Crippen MR) is 113 cm³/mol. The molecule has 0 spiro atoms. The standard InChI is InChI=1S/C20H24N4O9/c1-8-4-11-12(5-9(8)2)23(6-13(27)16(29)14(28)7-25)17-15(21-11)18(30)24(20(32)22-17)33-19(31)10(3)26/h4-5,10,13-14,16,25-29H,6-7H2,1-3H3. The predicted octanol–water partition coefficient (Wildman–Crippen LogP) is -2.91. The van der Waals surface area contributed by atoms with E-state index in [9.17, 15) is 34.8 Å². The second-order valence-electron chi connectivity index (χ2n) is 7.71. The zero-order valence-corrected chi connectivity index (χ0v) is 18.0. The molecule has 3 rings (SSSR count). The Hall–Kier alpha value is -3.23. The molecular weight excluding hydrogens is 440 g/mol. The molecule has 0 bridgehead atoms. The highest BCUT2D eigenvalue weighted by Crippen LogP contribution is 2.24. The molecule has 4 atom stereocenters. The van der Waals surface area contributed by atoms with Crippen LogP contribution in [-0.2, 0) is 11.3 Å². The van der Waals surface area contributed by atoms with E-state index in [-0.39, 0.29) is 21.8 Å². The maximum atomic E-state index is 12.9. The molecule has 2 aliphatic heterocycles. The summed E-state index contributed by atoms with van der Waals surface area (Å²) in [6.45, 7) is 3.47. The van der Waals surface area contributed by atoms with E-state index < -0.39 is 54.8 Å². The Kier molecular flexibility index (Phi) is 6.90. The van der Waals surface area contributed by atoms with Crippen molar-refractivity contribution in [2.45, 2.75) is 51.7 Å². The number of carbonyl (C=O) groups excluding carboxylic acids is 1. The molecule has 0 saturated heterocycles. The van der Waals surface area contributed by atoms with Gasteiger partial charge in [0, 0.05) is 0 Å². The first kappa shape index (κ1) is 24.4. The summed E-state index contributed by atoms with van der Waals surface area (Å²) >= 11 is 0. The van der Waals surface area contributed by atoms with Crippen molar-refractivity contribution in [3.63, 3.8) is 0 Å². The largest absolute Gasteiger partial charge is 0.394 e. The molecule has 5 N–H and O–H groups in total. The number of carbonyl (C=O) groups is 1. The van der Waals surface area contributed by atoms with E-state index in [0.717, 1.165) is 18.1 Å². The fourth-order valence-electron chi connectivity index (χ4n) is 3.17. The quantitative estimate of drug-likeness (QED) is 0.225. The molecule has 0 saturated carbocycles. The van der Waals surface area contributed by atoms with E-state index in [4.69, 9.17) is 5.11 Å². The second kappa shape index (κ2) is 9.33. The van der Waals surface area contributed by atoms with Gasteiger partial charge in [0.2, 0.25) is 0 Å². The number of aliphatic hydroxyl groups is 5. The lowest BCUT2D eigenvalue weighted by Crippen LogP contribution is -2.47. The summed E-state index contributed by atoms with van der Waals surface area (Å²) in [4.78, 5) is 49.8. The molecule has 0 radical (unpaired) electrons. The molecule has 4 unspecified atom stereocenters. The summed E-state index contributed by atoms with van der Waals surface area (Å²) in [6, 6.07) is 3.34. The molecule has 1 aromatic carbocycles. The lowest BCUT2D eigenvalue weighted by atomic mass is 10.1. The first-order chi connectivity index (χ1) is 15.5. The third-order valence-corrected chi connectivity index (χ3v) is 5.21. The Morgan fingerprint density at radius 3 is 2.30 bits per heavy atom. The van der Waals surface area contributed by atoms with Gasteiger partial charge in [0.05, 0.1) is 24.2 Å². The number of aliphatic hydroxyl groups excluding tert-OH is 5. The van der Waals surface area contributed by atoms with Crippen LogP contribution in [0.2, 0.25) is 0 Å². The smallest absolute Gasteiger partial charge is 0.386 e. The molecule has 0 aromatic heterocycles. The van der Waals surface area contributed by atoms with Gasteiger partial charge in [-0.1, -0.05) is 4.73 Å². The van der Waals surface area contributed by atoms with Crippen LogP contribution in [-0.4, -0.2) is 81.8 Å². The first-order valence-corrected chi connectivity index (χ1v) is 9.96. The topological polar surface area (TPSA) is 197 Å². The van der Waals surface area contributed by atoms with Gasteiger partial charge in [0.15, 0.2) is 17.6 Å². The zero-order chi connectivity index (χ0) is 24.6. The Morgan fingerprint density at radius 2 is 1.70 bits per heavy atom. The van der Waals surface area contributed by atoms with Crippen LogP contribution in [0.4, 0.5) is 0 Å². The number of nitrogens with zero attached hydrogens (tertiary/aromatic N) is 4. The lowest BCUT2D eigenvalue weighted by Gasteiger charge is -2.25. The minimum Gasteiger partial charge on any atom is -0.394 e. The molecule has 2 aliphatic rings. The van der Waals surface area contributed by atoms with Crippen LogP contribution in [0.1, 0.15) is 18.1 Å². The number of hydrogen-bond acceptors (Lipinski definition) is 11. The minimum atomic E-state index is -1.74. The van der Waals surface area contributed by atoms with Crippen molar-refractivity contribution in [3.05, 3.63) is 44.1 Å². The van der Waals surface area contributed by atoms with Gasteiger partial charge >= 0.3 is 17.2 Å². The number of aromatic nitrogens is 4. The van der Waals surface area contributed by atoms with Gasteiger partial charge in [0.1, 0.15) is 18.3 Å². The van der Waals surface area contributed by atoms with E-state index in [0.29, 0.717) is 5.52 Å². The second-order valence-corrected chi connectivity index (χ2v) is 7.71.